The number of hydrogen-bond donors (Lipinski definition) is 0. The van der Waals surface area contributed by atoms with Crippen LogP contribution in [0, 0.1) is 0 Å². The minimum atomic E-state index is -0.545. The molecule has 0 N–H and O–H groups in total. The summed E-state index contributed by atoms with van der Waals surface area (Å²) in [6.07, 6.45) is -1.05. The highest BCUT2D eigenvalue weighted by Gasteiger charge is 2.34. The van der Waals surface area contributed by atoms with Gasteiger partial charge in [0.05, 0.1) is 16.8 Å². The summed E-state index contributed by atoms with van der Waals surface area (Å²) in [5, 5.41) is 0. The standard InChI is InChI=1S/C14H32O4Si/c1-12(2,3)15-10(16-13(4,5)6)11(18-19)17-14(7,8)9/h10-11H,1-9,19H3. The zero-order chi connectivity index (χ0) is 15.5. The molecular formula is C14H32O4Si. The second kappa shape index (κ2) is 6.67. The molecule has 0 aliphatic carbocycles. The lowest BCUT2D eigenvalue weighted by Gasteiger charge is -2.38. The second-order valence-electron chi connectivity index (χ2n) is 7.66. The van der Waals surface area contributed by atoms with Crippen LogP contribution in [0.1, 0.15) is 62.3 Å². The quantitative estimate of drug-likeness (QED) is 0.576. The third-order valence-corrected chi connectivity index (χ3v) is 2.33. The lowest BCUT2D eigenvalue weighted by atomic mass is 10.1. The Hall–Kier alpha value is 0.0569. The fourth-order valence-electron chi connectivity index (χ4n) is 1.40. The van der Waals surface area contributed by atoms with Crippen LogP contribution >= 0.6 is 0 Å². The van der Waals surface area contributed by atoms with Gasteiger partial charge in [-0.1, -0.05) is 0 Å². The van der Waals surface area contributed by atoms with E-state index in [0.717, 1.165) is 0 Å². The fourth-order valence-corrected chi connectivity index (χ4v) is 1.71. The van der Waals surface area contributed by atoms with E-state index in [1.807, 2.05) is 62.3 Å². The summed E-state index contributed by atoms with van der Waals surface area (Å²) in [5.41, 5.74) is -0.958. The van der Waals surface area contributed by atoms with Gasteiger partial charge in [-0.25, -0.2) is 0 Å². The topological polar surface area (TPSA) is 36.9 Å². The molecule has 0 fully saturated rings. The molecule has 0 aliphatic rings. The van der Waals surface area contributed by atoms with Gasteiger partial charge in [-0.05, 0) is 62.3 Å². The first-order chi connectivity index (χ1) is 8.23. The Bertz CT molecular complexity index is 244. The van der Waals surface area contributed by atoms with Crippen LogP contribution in [-0.2, 0) is 18.6 Å². The highest BCUT2D eigenvalue weighted by Crippen LogP contribution is 2.24. The first-order valence-electron chi connectivity index (χ1n) is 6.80. The van der Waals surface area contributed by atoms with Gasteiger partial charge in [0.25, 0.3) is 0 Å². The van der Waals surface area contributed by atoms with Crippen LogP contribution in [0.4, 0.5) is 0 Å². The molecule has 0 rings (SSSR count). The van der Waals surface area contributed by atoms with E-state index in [0.29, 0.717) is 10.5 Å². The Morgan fingerprint density at radius 1 is 0.579 bits per heavy atom. The maximum atomic E-state index is 5.96. The summed E-state index contributed by atoms with van der Waals surface area (Å²) < 4.78 is 23.4. The number of rotatable bonds is 5. The number of ether oxygens (including phenoxy) is 3. The van der Waals surface area contributed by atoms with Gasteiger partial charge >= 0.3 is 0 Å². The lowest BCUT2D eigenvalue weighted by molar-refractivity contribution is -0.326. The summed E-state index contributed by atoms with van der Waals surface area (Å²) in [7, 11) is 0.561. The molecule has 0 aliphatic heterocycles. The molecule has 0 aromatic heterocycles. The molecule has 0 bridgehead atoms. The van der Waals surface area contributed by atoms with Crippen molar-refractivity contribution in [2.24, 2.45) is 0 Å². The van der Waals surface area contributed by atoms with Crippen molar-refractivity contribution in [2.45, 2.75) is 91.7 Å². The zero-order valence-corrected chi connectivity index (χ0v) is 16.3. The Morgan fingerprint density at radius 3 is 1.05 bits per heavy atom. The first kappa shape index (κ1) is 19.1. The first-order valence-corrected chi connectivity index (χ1v) is 7.61. The molecule has 0 saturated carbocycles. The van der Waals surface area contributed by atoms with Crippen molar-refractivity contribution in [2.75, 3.05) is 0 Å². The van der Waals surface area contributed by atoms with Crippen LogP contribution in [0.5, 0.6) is 0 Å². The molecule has 1 unspecified atom stereocenters. The van der Waals surface area contributed by atoms with Crippen LogP contribution in [0.3, 0.4) is 0 Å². The summed E-state index contributed by atoms with van der Waals surface area (Å²) in [6.45, 7) is 17.9. The molecule has 0 amide bonds. The van der Waals surface area contributed by atoms with Crippen LogP contribution in [-0.4, -0.2) is 39.9 Å². The van der Waals surface area contributed by atoms with Gasteiger partial charge in [-0.15, -0.1) is 0 Å². The summed E-state index contributed by atoms with van der Waals surface area (Å²) in [4.78, 5) is 0. The van der Waals surface area contributed by atoms with Gasteiger partial charge in [0.15, 0.2) is 6.29 Å². The summed E-state index contributed by atoms with van der Waals surface area (Å²) in [5.74, 6) is 0. The van der Waals surface area contributed by atoms with Crippen molar-refractivity contribution in [1.29, 1.82) is 0 Å². The Kier molecular flexibility index (Phi) is 6.69. The van der Waals surface area contributed by atoms with Gasteiger partial charge in [0.2, 0.25) is 6.29 Å². The Labute approximate surface area is 121 Å². The van der Waals surface area contributed by atoms with Crippen LogP contribution in [0.25, 0.3) is 0 Å². The monoisotopic (exact) mass is 292 g/mol. The zero-order valence-electron chi connectivity index (χ0n) is 14.3. The molecule has 5 heteroatoms. The van der Waals surface area contributed by atoms with Crippen LogP contribution in [0.2, 0.25) is 0 Å². The van der Waals surface area contributed by atoms with Crippen molar-refractivity contribution in [3.05, 3.63) is 0 Å². The molecule has 0 heterocycles. The van der Waals surface area contributed by atoms with Crippen molar-refractivity contribution >= 4 is 10.5 Å². The highest BCUT2D eigenvalue weighted by atomic mass is 28.2. The second-order valence-corrected chi connectivity index (χ2v) is 8.13. The molecule has 0 aromatic rings. The average molecular weight is 292 g/mol. The minimum Gasteiger partial charge on any atom is -0.400 e. The van der Waals surface area contributed by atoms with Gasteiger partial charge < -0.3 is 18.6 Å². The van der Waals surface area contributed by atoms with Crippen LogP contribution < -0.4 is 0 Å². The van der Waals surface area contributed by atoms with Crippen molar-refractivity contribution in [3.8, 4) is 0 Å². The van der Waals surface area contributed by atoms with Crippen LogP contribution in [0.15, 0.2) is 0 Å². The van der Waals surface area contributed by atoms with E-state index in [4.69, 9.17) is 18.6 Å². The van der Waals surface area contributed by atoms with E-state index in [1.54, 1.807) is 0 Å². The smallest absolute Gasteiger partial charge is 0.209 e. The molecule has 19 heavy (non-hydrogen) atoms. The Balaban J connectivity index is 4.97. The molecule has 1 atom stereocenters. The maximum absolute atomic E-state index is 5.96. The predicted molar refractivity (Wildman–Crippen MR) is 81.1 cm³/mol. The predicted octanol–water partition coefficient (Wildman–Crippen LogP) is 2.38. The van der Waals surface area contributed by atoms with E-state index < -0.39 is 12.6 Å². The molecule has 4 nitrogen and oxygen atoms in total. The van der Waals surface area contributed by atoms with Gasteiger partial charge in [-0.3, -0.25) is 0 Å². The molecule has 0 radical (unpaired) electrons. The van der Waals surface area contributed by atoms with Crippen molar-refractivity contribution in [3.63, 3.8) is 0 Å². The third kappa shape index (κ3) is 10.5. The minimum absolute atomic E-state index is 0.310. The third-order valence-electron chi connectivity index (χ3n) is 1.86. The highest BCUT2D eigenvalue weighted by molar-refractivity contribution is 5.98. The summed E-state index contributed by atoms with van der Waals surface area (Å²) in [6, 6.07) is 0. The van der Waals surface area contributed by atoms with E-state index >= 15 is 0 Å². The maximum Gasteiger partial charge on any atom is 0.209 e. The van der Waals surface area contributed by atoms with Gasteiger partial charge in [0, 0.05) is 0 Å². The fraction of sp³-hybridized carbons (Fsp3) is 1.00. The molecule has 0 spiro atoms. The van der Waals surface area contributed by atoms with Crippen molar-refractivity contribution < 1.29 is 18.6 Å². The Morgan fingerprint density at radius 2 is 0.842 bits per heavy atom. The van der Waals surface area contributed by atoms with Crippen molar-refractivity contribution in [1.82, 2.24) is 0 Å². The summed E-state index contributed by atoms with van der Waals surface area (Å²) >= 11 is 0. The normalized spacial score (nSPS) is 16.1. The van der Waals surface area contributed by atoms with Gasteiger partial charge in [0.1, 0.15) is 10.5 Å². The van der Waals surface area contributed by atoms with E-state index in [1.165, 1.54) is 0 Å². The largest absolute Gasteiger partial charge is 0.400 e. The molecular weight excluding hydrogens is 260 g/mol. The molecule has 116 valence electrons. The van der Waals surface area contributed by atoms with E-state index in [-0.39, 0.29) is 16.8 Å². The van der Waals surface area contributed by atoms with Gasteiger partial charge in [-0.2, -0.15) is 0 Å². The number of hydrogen-bond acceptors (Lipinski definition) is 4. The SMILES string of the molecule is CC(C)(C)OC(O[SiH3])C(OC(C)(C)C)OC(C)(C)C. The molecule has 0 saturated heterocycles. The van der Waals surface area contributed by atoms with E-state index in [9.17, 15) is 0 Å². The van der Waals surface area contributed by atoms with E-state index in [2.05, 4.69) is 0 Å². The average Bonchev–Trinajstić information content (AvgIpc) is 2.06. The molecule has 0 aromatic carbocycles. The lowest BCUT2D eigenvalue weighted by Crippen LogP contribution is -2.47.